The van der Waals surface area contributed by atoms with Gasteiger partial charge in [-0.05, 0) is 42.9 Å². The van der Waals surface area contributed by atoms with E-state index in [0.717, 1.165) is 23.0 Å². The number of sulfone groups is 1. The molecule has 1 aromatic heterocycles. The van der Waals surface area contributed by atoms with E-state index < -0.39 is 51.8 Å². The maximum absolute atomic E-state index is 15.0. The molecule has 1 amide bonds. The van der Waals surface area contributed by atoms with Crippen molar-refractivity contribution in [2.24, 2.45) is 11.8 Å². The van der Waals surface area contributed by atoms with Gasteiger partial charge in [-0.2, -0.15) is 26.3 Å². The minimum absolute atomic E-state index is 0.0188. The number of hydrogen-bond donors (Lipinski definition) is 1. The standard InChI is InChI=1S/C24H29ClF7N3O3S/c1-4-14(7-6-10-39(3,37)38)13-33-22(36)20-21(25)35(19(5-2)34-20)17-9-8-15(11-16(17)26)12-18(23(27,28)29)24(30,31)32/h8-9,11,14,18H,4-7,10,12-13H2,1-3H3,(H,33,36)/t14-/m1/s1. The first-order chi connectivity index (χ1) is 17.9. The summed E-state index contributed by atoms with van der Waals surface area (Å²) in [6, 6.07) is 2.48. The first-order valence-electron chi connectivity index (χ1n) is 12.0. The van der Waals surface area contributed by atoms with Gasteiger partial charge in [0.25, 0.3) is 5.91 Å². The minimum Gasteiger partial charge on any atom is -0.350 e. The number of carbonyl (C=O) groups excluding carboxylic acids is 1. The van der Waals surface area contributed by atoms with Crippen molar-refractivity contribution in [2.45, 2.75) is 58.3 Å². The Bertz CT molecular complexity index is 1250. The monoisotopic (exact) mass is 607 g/mol. The summed E-state index contributed by atoms with van der Waals surface area (Å²) in [4.78, 5) is 17.0. The third-order valence-corrected chi connectivity index (χ3v) is 7.54. The Balaban J connectivity index is 2.26. The molecule has 1 atom stereocenters. The second-order valence-electron chi connectivity index (χ2n) is 9.24. The molecular weight excluding hydrogens is 579 g/mol. The zero-order valence-electron chi connectivity index (χ0n) is 21.4. The number of nitrogens with one attached hydrogen (secondary N) is 1. The molecule has 220 valence electrons. The van der Waals surface area contributed by atoms with Gasteiger partial charge in [0.2, 0.25) is 0 Å². The molecule has 0 radical (unpaired) electrons. The van der Waals surface area contributed by atoms with E-state index in [-0.39, 0.29) is 47.0 Å². The first kappa shape index (κ1) is 32.9. The summed E-state index contributed by atoms with van der Waals surface area (Å²) in [5.74, 6) is -5.35. The molecular formula is C24H29ClF7N3O3S. The van der Waals surface area contributed by atoms with E-state index in [1.165, 1.54) is 0 Å². The zero-order valence-corrected chi connectivity index (χ0v) is 23.0. The molecule has 0 aliphatic rings. The van der Waals surface area contributed by atoms with Crippen LogP contribution in [0.1, 0.15) is 55.0 Å². The van der Waals surface area contributed by atoms with Crippen LogP contribution in [0.2, 0.25) is 5.15 Å². The molecule has 6 nitrogen and oxygen atoms in total. The quantitative estimate of drug-likeness (QED) is 0.296. The number of nitrogens with zero attached hydrogens (tertiary/aromatic N) is 2. The van der Waals surface area contributed by atoms with Crippen LogP contribution in [0.25, 0.3) is 5.69 Å². The SMILES string of the molecule is CCc1nc(C(=O)NC[C@H](CC)CCCS(C)(=O)=O)c(Cl)n1-c1ccc(CC(C(F)(F)F)C(F)(F)F)cc1F. The molecule has 39 heavy (non-hydrogen) atoms. The second-order valence-corrected chi connectivity index (χ2v) is 11.9. The lowest BCUT2D eigenvalue weighted by molar-refractivity contribution is -0.283. The molecule has 1 N–H and O–H groups in total. The van der Waals surface area contributed by atoms with E-state index in [2.05, 4.69) is 10.3 Å². The molecule has 2 aromatic rings. The second kappa shape index (κ2) is 12.9. The molecule has 1 heterocycles. The number of imidazole rings is 1. The summed E-state index contributed by atoms with van der Waals surface area (Å²) >= 11 is 6.35. The van der Waals surface area contributed by atoms with Gasteiger partial charge < -0.3 is 5.32 Å². The van der Waals surface area contributed by atoms with Crippen LogP contribution in [0.3, 0.4) is 0 Å². The van der Waals surface area contributed by atoms with Crippen molar-refractivity contribution < 1.29 is 43.9 Å². The average Bonchev–Trinajstić information content (AvgIpc) is 3.13. The first-order valence-corrected chi connectivity index (χ1v) is 14.5. The Hall–Kier alpha value is -2.35. The van der Waals surface area contributed by atoms with Gasteiger partial charge in [0.15, 0.2) is 11.6 Å². The van der Waals surface area contributed by atoms with Gasteiger partial charge in [-0.15, -0.1) is 0 Å². The van der Waals surface area contributed by atoms with E-state index in [1.807, 2.05) is 6.92 Å². The number of hydrogen-bond acceptors (Lipinski definition) is 4. The van der Waals surface area contributed by atoms with Crippen LogP contribution in [0.15, 0.2) is 18.2 Å². The smallest absolute Gasteiger partial charge is 0.350 e. The number of alkyl halides is 6. The van der Waals surface area contributed by atoms with Crippen molar-refractivity contribution in [2.75, 3.05) is 18.6 Å². The topological polar surface area (TPSA) is 81.1 Å². The van der Waals surface area contributed by atoms with Crippen molar-refractivity contribution in [3.63, 3.8) is 0 Å². The molecule has 0 aliphatic carbocycles. The highest BCUT2D eigenvalue weighted by molar-refractivity contribution is 7.90. The Morgan fingerprint density at radius 3 is 2.23 bits per heavy atom. The van der Waals surface area contributed by atoms with Gasteiger partial charge in [-0.1, -0.05) is 37.9 Å². The maximum atomic E-state index is 15.0. The average molecular weight is 608 g/mol. The van der Waals surface area contributed by atoms with Crippen LogP contribution in [-0.4, -0.2) is 54.8 Å². The highest BCUT2D eigenvalue weighted by Crippen LogP contribution is 2.41. The molecule has 0 fully saturated rings. The molecule has 0 bridgehead atoms. The number of aryl methyl sites for hydroxylation is 1. The Morgan fingerprint density at radius 2 is 1.74 bits per heavy atom. The molecule has 0 spiro atoms. The third kappa shape index (κ3) is 9.09. The van der Waals surface area contributed by atoms with Crippen LogP contribution in [-0.2, 0) is 22.7 Å². The summed E-state index contributed by atoms with van der Waals surface area (Å²) in [6.07, 6.45) is -9.70. The Morgan fingerprint density at radius 1 is 1.13 bits per heavy atom. The lowest BCUT2D eigenvalue weighted by atomic mass is 9.98. The normalized spacial score (nSPS) is 13.6. The number of halogens is 8. The van der Waals surface area contributed by atoms with E-state index in [4.69, 9.17) is 11.6 Å². The molecule has 0 saturated carbocycles. The molecule has 0 unspecified atom stereocenters. The Kier molecular flexibility index (Phi) is 10.9. The van der Waals surface area contributed by atoms with Crippen molar-refractivity contribution in [3.8, 4) is 5.69 Å². The molecule has 15 heteroatoms. The third-order valence-electron chi connectivity index (χ3n) is 6.16. The van der Waals surface area contributed by atoms with Gasteiger partial charge in [0.1, 0.15) is 26.6 Å². The highest BCUT2D eigenvalue weighted by atomic mass is 35.5. The van der Waals surface area contributed by atoms with Gasteiger partial charge in [-0.25, -0.2) is 17.8 Å². The number of rotatable bonds is 12. The molecule has 0 saturated heterocycles. The maximum Gasteiger partial charge on any atom is 0.400 e. The van der Waals surface area contributed by atoms with Gasteiger partial charge >= 0.3 is 12.4 Å². The molecule has 2 rings (SSSR count). The van der Waals surface area contributed by atoms with Crippen LogP contribution in [0.4, 0.5) is 30.7 Å². The lowest BCUT2D eigenvalue weighted by Crippen LogP contribution is -2.38. The van der Waals surface area contributed by atoms with Gasteiger partial charge in [0, 0.05) is 25.0 Å². The predicted molar refractivity (Wildman–Crippen MR) is 132 cm³/mol. The molecule has 1 aromatic carbocycles. The summed E-state index contributed by atoms with van der Waals surface area (Å²) in [6.45, 7) is 3.72. The van der Waals surface area contributed by atoms with E-state index in [0.29, 0.717) is 25.3 Å². The van der Waals surface area contributed by atoms with Crippen LogP contribution < -0.4 is 5.32 Å². The van der Waals surface area contributed by atoms with Crippen molar-refractivity contribution in [3.05, 3.63) is 46.3 Å². The van der Waals surface area contributed by atoms with Crippen molar-refractivity contribution in [1.82, 2.24) is 14.9 Å². The largest absolute Gasteiger partial charge is 0.400 e. The van der Waals surface area contributed by atoms with Crippen molar-refractivity contribution >= 4 is 27.3 Å². The summed E-state index contributed by atoms with van der Waals surface area (Å²) < 4.78 is 116. The van der Waals surface area contributed by atoms with Crippen molar-refractivity contribution in [1.29, 1.82) is 0 Å². The lowest BCUT2D eigenvalue weighted by Gasteiger charge is -2.23. The summed E-state index contributed by atoms with van der Waals surface area (Å²) in [5.41, 5.74) is -1.06. The predicted octanol–water partition coefficient (Wildman–Crippen LogP) is 6.09. The molecule has 0 aliphatic heterocycles. The van der Waals surface area contributed by atoms with Crippen LogP contribution >= 0.6 is 11.6 Å². The number of carbonyl (C=O) groups is 1. The summed E-state index contributed by atoms with van der Waals surface area (Å²) in [7, 11) is -3.11. The fourth-order valence-electron chi connectivity index (χ4n) is 3.99. The van der Waals surface area contributed by atoms with Crippen LogP contribution in [0, 0.1) is 17.7 Å². The van der Waals surface area contributed by atoms with Gasteiger partial charge in [0.05, 0.1) is 5.69 Å². The van der Waals surface area contributed by atoms with Gasteiger partial charge in [-0.3, -0.25) is 9.36 Å². The van der Waals surface area contributed by atoms with E-state index in [9.17, 15) is 43.9 Å². The number of amides is 1. The number of aromatic nitrogens is 2. The van der Waals surface area contributed by atoms with E-state index in [1.54, 1.807) is 6.92 Å². The Labute approximate surface area is 226 Å². The number of benzene rings is 1. The zero-order chi connectivity index (χ0) is 29.8. The van der Waals surface area contributed by atoms with E-state index >= 15 is 0 Å². The fraction of sp³-hybridized carbons (Fsp3) is 0.583. The minimum atomic E-state index is -5.57. The van der Waals surface area contributed by atoms with Crippen LogP contribution in [0.5, 0.6) is 0 Å². The fourth-order valence-corrected chi connectivity index (χ4v) is 5.00. The highest BCUT2D eigenvalue weighted by Gasteiger charge is 2.56. The summed E-state index contributed by atoms with van der Waals surface area (Å²) in [5, 5.41) is 2.39.